The van der Waals surface area contributed by atoms with Gasteiger partial charge < -0.3 is 10.3 Å². The van der Waals surface area contributed by atoms with Gasteiger partial charge in [0.05, 0.1) is 17.0 Å². The summed E-state index contributed by atoms with van der Waals surface area (Å²) in [5.41, 5.74) is 8.95. The van der Waals surface area contributed by atoms with Crippen molar-refractivity contribution in [2.45, 2.75) is 44.1 Å². The van der Waals surface area contributed by atoms with E-state index in [-0.39, 0.29) is 23.9 Å². The van der Waals surface area contributed by atoms with Gasteiger partial charge in [0.25, 0.3) is 0 Å². The molecule has 150 valence electrons. The normalized spacial score (nSPS) is 21.8. The maximum absolute atomic E-state index is 6.47. The summed E-state index contributed by atoms with van der Waals surface area (Å²) in [6.45, 7) is 2.08. The van der Waals surface area contributed by atoms with Crippen molar-refractivity contribution in [1.82, 2.24) is 24.7 Å². The highest BCUT2D eigenvalue weighted by molar-refractivity contribution is 5.85. The number of nitrogens with two attached hydrogens (primary N) is 1. The third kappa shape index (κ3) is 3.52. The number of imidazole rings is 1. The molecular weight excluding hydrogens is 388 g/mol. The van der Waals surface area contributed by atoms with E-state index in [2.05, 4.69) is 27.0 Å². The van der Waals surface area contributed by atoms with Crippen LogP contribution in [0.1, 0.15) is 44.4 Å². The molecule has 4 aromatic rings. The van der Waals surface area contributed by atoms with Gasteiger partial charge in [0.1, 0.15) is 12.1 Å². The van der Waals surface area contributed by atoms with E-state index in [1.54, 1.807) is 12.5 Å². The van der Waals surface area contributed by atoms with Gasteiger partial charge in [-0.2, -0.15) is 4.98 Å². The molecule has 1 aliphatic rings. The number of rotatable bonds is 3. The van der Waals surface area contributed by atoms with E-state index >= 15 is 0 Å². The van der Waals surface area contributed by atoms with Crippen LogP contribution in [0, 0.1) is 0 Å². The van der Waals surface area contributed by atoms with Crippen LogP contribution in [0.5, 0.6) is 0 Å². The molecule has 0 saturated heterocycles. The van der Waals surface area contributed by atoms with Gasteiger partial charge in [0, 0.05) is 17.3 Å². The second-order valence-corrected chi connectivity index (χ2v) is 7.77. The van der Waals surface area contributed by atoms with Gasteiger partial charge in [-0.15, -0.1) is 12.4 Å². The zero-order chi connectivity index (χ0) is 19.1. The zero-order valence-electron chi connectivity index (χ0n) is 16.2. The number of pyridine rings is 1. The average Bonchev–Trinajstić information content (AvgIpc) is 3.35. The second-order valence-electron chi connectivity index (χ2n) is 7.77. The number of nitrogens with zero attached hydrogens (tertiary/aromatic N) is 5. The number of hydrogen-bond acceptors (Lipinski definition) is 6. The molecule has 1 fully saturated rings. The van der Waals surface area contributed by atoms with Gasteiger partial charge in [-0.3, -0.25) is 4.57 Å². The molecule has 1 aliphatic carbocycles. The summed E-state index contributed by atoms with van der Waals surface area (Å²) in [5.74, 6) is 2.07. The van der Waals surface area contributed by atoms with Crippen LogP contribution >= 0.6 is 12.4 Å². The first-order valence-corrected chi connectivity index (χ1v) is 9.63. The molecule has 0 spiro atoms. The Hall–Kier alpha value is -2.77. The monoisotopic (exact) mass is 410 g/mol. The highest BCUT2D eigenvalue weighted by atomic mass is 35.5. The van der Waals surface area contributed by atoms with E-state index in [9.17, 15) is 0 Å². The fourth-order valence-electron chi connectivity index (χ4n) is 4.06. The van der Waals surface area contributed by atoms with Gasteiger partial charge in [-0.05, 0) is 44.0 Å². The molecule has 0 bridgehead atoms. The molecule has 0 amide bonds. The summed E-state index contributed by atoms with van der Waals surface area (Å²) in [7, 11) is 0. The van der Waals surface area contributed by atoms with Gasteiger partial charge in [0.15, 0.2) is 0 Å². The second kappa shape index (κ2) is 7.57. The topological polar surface area (TPSA) is 95.7 Å². The summed E-state index contributed by atoms with van der Waals surface area (Å²) in [6.07, 6.45) is 7.80. The van der Waals surface area contributed by atoms with Crippen molar-refractivity contribution in [3.05, 3.63) is 54.8 Å². The molecule has 0 aliphatic heterocycles. The molecule has 2 unspecified atom stereocenters. The molecule has 2 N–H and O–H groups in total. The van der Waals surface area contributed by atoms with E-state index < -0.39 is 0 Å². The Kier molecular flexibility index (Phi) is 5.10. The molecule has 2 atom stereocenters. The fourth-order valence-corrected chi connectivity index (χ4v) is 4.06. The number of hydrogen-bond donors (Lipinski definition) is 1. The van der Waals surface area contributed by atoms with Crippen molar-refractivity contribution < 1.29 is 4.52 Å². The van der Waals surface area contributed by atoms with Crippen molar-refractivity contribution >= 4 is 23.4 Å². The Labute approximate surface area is 174 Å². The van der Waals surface area contributed by atoms with Gasteiger partial charge in [-0.25, -0.2) is 9.97 Å². The minimum atomic E-state index is -0.299. The van der Waals surface area contributed by atoms with Crippen LogP contribution in [0.25, 0.3) is 28.2 Å². The molecule has 29 heavy (non-hydrogen) atoms. The highest BCUT2D eigenvalue weighted by Gasteiger charge is 2.37. The lowest BCUT2D eigenvalue weighted by Crippen LogP contribution is -2.44. The highest BCUT2D eigenvalue weighted by Crippen LogP contribution is 2.38. The molecule has 1 saturated carbocycles. The molecule has 3 heterocycles. The summed E-state index contributed by atoms with van der Waals surface area (Å²) in [4.78, 5) is 13.6. The van der Waals surface area contributed by atoms with Gasteiger partial charge in [0.2, 0.25) is 11.7 Å². The van der Waals surface area contributed by atoms with E-state index in [0.717, 1.165) is 48.1 Å². The third-order valence-corrected chi connectivity index (χ3v) is 5.70. The third-order valence-electron chi connectivity index (χ3n) is 5.70. The van der Waals surface area contributed by atoms with Crippen molar-refractivity contribution in [1.29, 1.82) is 0 Å². The standard InChI is InChI=1S/C21H22N6O.ClH/c1-21(22)11-5-4-6-15(21)20-25-19(26-28-20)14-9-10-18(23-12-14)27-13-24-16-7-2-3-8-17(16)27;/h2-3,7-10,12-13,15H,4-6,11,22H2,1H3;1H. The Bertz CT molecular complexity index is 1120. The SMILES string of the molecule is CC1(N)CCCCC1c1nc(-c2ccc(-n3cnc4ccccc43)nc2)no1.Cl. The molecule has 1 aromatic carbocycles. The van der Waals surface area contributed by atoms with E-state index in [4.69, 9.17) is 10.3 Å². The Balaban J connectivity index is 0.00000205. The molecule has 5 rings (SSSR count). The quantitative estimate of drug-likeness (QED) is 0.541. The van der Waals surface area contributed by atoms with Crippen LogP contribution in [0.2, 0.25) is 0 Å². The summed E-state index contributed by atoms with van der Waals surface area (Å²) in [6, 6.07) is 11.9. The molecular formula is C21H23ClN6O. The zero-order valence-corrected chi connectivity index (χ0v) is 17.0. The number of para-hydroxylation sites is 2. The summed E-state index contributed by atoms with van der Waals surface area (Å²) in [5, 5.41) is 4.17. The largest absolute Gasteiger partial charge is 0.339 e. The van der Waals surface area contributed by atoms with Crippen LogP contribution in [0.3, 0.4) is 0 Å². The van der Waals surface area contributed by atoms with E-state index in [1.807, 2.05) is 41.0 Å². The minimum absolute atomic E-state index is 0. The number of fused-ring (bicyclic) bond motifs is 1. The van der Waals surface area contributed by atoms with Crippen LogP contribution in [0.15, 0.2) is 53.4 Å². The lowest BCUT2D eigenvalue weighted by atomic mass is 9.74. The Morgan fingerprint density at radius 2 is 2.00 bits per heavy atom. The maximum Gasteiger partial charge on any atom is 0.231 e. The predicted molar refractivity (Wildman–Crippen MR) is 113 cm³/mol. The average molecular weight is 411 g/mol. The molecule has 0 radical (unpaired) electrons. The van der Waals surface area contributed by atoms with E-state index in [0.29, 0.717) is 11.7 Å². The first kappa shape index (κ1) is 19.5. The van der Waals surface area contributed by atoms with Crippen LogP contribution in [-0.2, 0) is 0 Å². The van der Waals surface area contributed by atoms with Gasteiger partial charge >= 0.3 is 0 Å². The van der Waals surface area contributed by atoms with E-state index in [1.165, 1.54) is 0 Å². The van der Waals surface area contributed by atoms with Crippen molar-refractivity contribution in [2.24, 2.45) is 5.73 Å². The fraction of sp³-hybridized carbons (Fsp3) is 0.333. The molecule has 7 nitrogen and oxygen atoms in total. The predicted octanol–water partition coefficient (Wildman–Crippen LogP) is 4.27. The lowest BCUT2D eigenvalue weighted by molar-refractivity contribution is 0.223. The Morgan fingerprint density at radius 1 is 1.14 bits per heavy atom. The number of halogens is 1. The van der Waals surface area contributed by atoms with Crippen molar-refractivity contribution in [2.75, 3.05) is 0 Å². The number of aromatic nitrogens is 5. The lowest BCUT2D eigenvalue weighted by Gasteiger charge is -2.35. The summed E-state index contributed by atoms with van der Waals surface area (Å²) < 4.78 is 7.53. The van der Waals surface area contributed by atoms with Crippen LogP contribution < -0.4 is 5.73 Å². The molecule has 8 heteroatoms. The summed E-state index contributed by atoms with van der Waals surface area (Å²) >= 11 is 0. The first-order chi connectivity index (χ1) is 13.6. The smallest absolute Gasteiger partial charge is 0.231 e. The first-order valence-electron chi connectivity index (χ1n) is 9.63. The number of benzene rings is 1. The van der Waals surface area contributed by atoms with Crippen molar-refractivity contribution in [3.8, 4) is 17.2 Å². The van der Waals surface area contributed by atoms with Crippen LogP contribution in [-0.4, -0.2) is 30.2 Å². The Morgan fingerprint density at radius 3 is 2.79 bits per heavy atom. The minimum Gasteiger partial charge on any atom is -0.339 e. The van der Waals surface area contributed by atoms with Crippen molar-refractivity contribution in [3.63, 3.8) is 0 Å². The maximum atomic E-state index is 6.47. The molecule has 3 aromatic heterocycles. The van der Waals surface area contributed by atoms with Crippen LogP contribution in [0.4, 0.5) is 0 Å². The van der Waals surface area contributed by atoms with Gasteiger partial charge in [-0.1, -0.05) is 30.1 Å².